The van der Waals surface area contributed by atoms with Crippen LogP contribution in [0.4, 0.5) is 0 Å². The fourth-order valence-corrected chi connectivity index (χ4v) is 0.948. The highest BCUT2D eigenvalue weighted by Crippen LogP contribution is 1.99. The Kier molecular flexibility index (Phi) is 21.4. The summed E-state index contributed by atoms with van der Waals surface area (Å²) in [5, 5.41) is 0. The van der Waals surface area contributed by atoms with Crippen molar-refractivity contribution < 1.29 is 9.47 Å². The van der Waals surface area contributed by atoms with Gasteiger partial charge in [0.1, 0.15) is 0 Å². The highest BCUT2D eigenvalue weighted by atomic mass is 16.5. The molecule has 0 fully saturated rings. The molecule has 0 radical (unpaired) electrons. The second-order valence-electron chi connectivity index (χ2n) is 3.18. The quantitative estimate of drug-likeness (QED) is 0.561. The first-order valence-electron chi connectivity index (χ1n) is 4.91. The van der Waals surface area contributed by atoms with Crippen LogP contribution in [0.3, 0.4) is 0 Å². The minimum atomic E-state index is 0. The fourth-order valence-electron chi connectivity index (χ4n) is 0.948. The van der Waals surface area contributed by atoms with E-state index in [1.807, 2.05) is 6.92 Å². The standard InChI is InChI=1S/C10H22O2.2CH4/c1-4-5-6-7-8-12-9-10(2)11-3;;/h10H,4-9H2,1-3H3;2*1H4. The number of hydrogen-bond acceptors (Lipinski definition) is 2. The smallest absolute Gasteiger partial charge is 0.0776 e. The van der Waals surface area contributed by atoms with E-state index in [-0.39, 0.29) is 21.0 Å². The first kappa shape index (κ1) is 19.5. The van der Waals surface area contributed by atoms with Crippen molar-refractivity contribution in [1.29, 1.82) is 0 Å². The van der Waals surface area contributed by atoms with Crippen LogP contribution in [0.25, 0.3) is 0 Å². The molecule has 0 bridgehead atoms. The average Bonchev–Trinajstić information content (AvgIpc) is 2.10. The summed E-state index contributed by atoms with van der Waals surface area (Å²) in [5.74, 6) is 0. The fraction of sp³-hybridized carbons (Fsp3) is 1.00. The van der Waals surface area contributed by atoms with Gasteiger partial charge in [0.25, 0.3) is 0 Å². The van der Waals surface area contributed by atoms with Crippen LogP contribution in [0.1, 0.15) is 54.4 Å². The van der Waals surface area contributed by atoms with Gasteiger partial charge < -0.3 is 9.47 Å². The molecule has 14 heavy (non-hydrogen) atoms. The Bertz CT molecular complexity index is 84.4. The molecule has 0 saturated heterocycles. The van der Waals surface area contributed by atoms with Gasteiger partial charge in [-0.05, 0) is 13.3 Å². The molecule has 1 atom stereocenters. The Hall–Kier alpha value is -0.0800. The minimum Gasteiger partial charge on any atom is -0.379 e. The third kappa shape index (κ3) is 14.4. The van der Waals surface area contributed by atoms with Crippen LogP contribution in [0, 0.1) is 0 Å². The molecular weight excluding hydrogens is 176 g/mol. The van der Waals surface area contributed by atoms with Crippen LogP contribution in [-0.4, -0.2) is 26.4 Å². The zero-order valence-electron chi connectivity index (χ0n) is 8.64. The Morgan fingerprint density at radius 3 is 2.21 bits per heavy atom. The molecule has 0 aliphatic rings. The van der Waals surface area contributed by atoms with E-state index >= 15 is 0 Å². The molecule has 0 amide bonds. The highest BCUT2D eigenvalue weighted by molar-refractivity contribution is 4.45. The van der Waals surface area contributed by atoms with Gasteiger partial charge >= 0.3 is 0 Å². The summed E-state index contributed by atoms with van der Waals surface area (Å²) in [6, 6.07) is 0. The lowest BCUT2D eigenvalue weighted by Gasteiger charge is -2.09. The average molecular weight is 206 g/mol. The Morgan fingerprint density at radius 2 is 1.71 bits per heavy atom. The van der Waals surface area contributed by atoms with Gasteiger partial charge in [-0.2, -0.15) is 0 Å². The highest BCUT2D eigenvalue weighted by Gasteiger charge is 1.97. The van der Waals surface area contributed by atoms with Gasteiger partial charge in [0.15, 0.2) is 0 Å². The third-order valence-electron chi connectivity index (χ3n) is 1.90. The van der Waals surface area contributed by atoms with Crippen molar-refractivity contribution in [3.05, 3.63) is 0 Å². The van der Waals surface area contributed by atoms with Crippen molar-refractivity contribution in [1.82, 2.24) is 0 Å². The van der Waals surface area contributed by atoms with Crippen molar-refractivity contribution >= 4 is 0 Å². The maximum atomic E-state index is 5.41. The summed E-state index contributed by atoms with van der Waals surface area (Å²) >= 11 is 0. The molecule has 1 unspecified atom stereocenters. The summed E-state index contributed by atoms with van der Waals surface area (Å²) in [7, 11) is 1.71. The molecule has 0 aromatic rings. The largest absolute Gasteiger partial charge is 0.379 e. The van der Waals surface area contributed by atoms with E-state index in [1.54, 1.807) is 7.11 Å². The zero-order chi connectivity index (χ0) is 9.23. The van der Waals surface area contributed by atoms with Gasteiger partial charge in [-0.15, -0.1) is 0 Å². The molecule has 0 N–H and O–H groups in total. The van der Waals surface area contributed by atoms with Crippen LogP contribution in [-0.2, 0) is 9.47 Å². The van der Waals surface area contributed by atoms with E-state index in [2.05, 4.69) is 6.92 Å². The first-order valence-corrected chi connectivity index (χ1v) is 4.91. The first-order chi connectivity index (χ1) is 5.81. The molecular formula is C12H30O2. The molecule has 0 heterocycles. The van der Waals surface area contributed by atoms with Gasteiger partial charge in [0, 0.05) is 13.7 Å². The Balaban J connectivity index is -0.000000605. The van der Waals surface area contributed by atoms with Gasteiger partial charge in [0.05, 0.1) is 12.7 Å². The lowest BCUT2D eigenvalue weighted by Crippen LogP contribution is -2.14. The van der Waals surface area contributed by atoms with Crippen molar-refractivity contribution in [2.75, 3.05) is 20.3 Å². The molecule has 0 aliphatic heterocycles. The van der Waals surface area contributed by atoms with E-state index in [1.165, 1.54) is 25.7 Å². The molecule has 0 aromatic heterocycles. The van der Waals surface area contributed by atoms with E-state index in [4.69, 9.17) is 9.47 Å². The van der Waals surface area contributed by atoms with Crippen molar-refractivity contribution in [2.45, 2.75) is 60.5 Å². The van der Waals surface area contributed by atoms with Crippen molar-refractivity contribution in [3.63, 3.8) is 0 Å². The van der Waals surface area contributed by atoms with Crippen LogP contribution in [0.15, 0.2) is 0 Å². The topological polar surface area (TPSA) is 18.5 Å². The van der Waals surface area contributed by atoms with Crippen LogP contribution in [0.5, 0.6) is 0 Å². The number of unbranched alkanes of at least 4 members (excludes halogenated alkanes) is 3. The molecule has 0 aliphatic carbocycles. The van der Waals surface area contributed by atoms with Gasteiger partial charge in [-0.1, -0.05) is 41.0 Å². The Labute approximate surface area is 91.0 Å². The van der Waals surface area contributed by atoms with Crippen molar-refractivity contribution in [2.24, 2.45) is 0 Å². The second kappa shape index (κ2) is 15.4. The summed E-state index contributed by atoms with van der Waals surface area (Å²) < 4.78 is 10.5. The lowest BCUT2D eigenvalue weighted by atomic mass is 10.2. The number of rotatable bonds is 8. The summed E-state index contributed by atoms with van der Waals surface area (Å²) in [6.07, 6.45) is 5.32. The Morgan fingerprint density at radius 1 is 1.07 bits per heavy atom. The number of methoxy groups -OCH3 is 1. The normalized spacial score (nSPS) is 11.4. The van der Waals surface area contributed by atoms with E-state index < -0.39 is 0 Å². The molecule has 2 nitrogen and oxygen atoms in total. The van der Waals surface area contributed by atoms with E-state index in [9.17, 15) is 0 Å². The second-order valence-corrected chi connectivity index (χ2v) is 3.18. The van der Waals surface area contributed by atoms with Gasteiger partial charge in [-0.3, -0.25) is 0 Å². The molecule has 0 aromatic carbocycles. The predicted molar refractivity (Wildman–Crippen MR) is 64.9 cm³/mol. The molecule has 2 heteroatoms. The van der Waals surface area contributed by atoms with Gasteiger partial charge in [-0.25, -0.2) is 0 Å². The molecule has 0 rings (SSSR count). The maximum Gasteiger partial charge on any atom is 0.0776 e. The third-order valence-corrected chi connectivity index (χ3v) is 1.90. The van der Waals surface area contributed by atoms with Crippen LogP contribution in [0.2, 0.25) is 0 Å². The van der Waals surface area contributed by atoms with E-state index in [0.29, 0.717) is 0 Å². The lowest BCUT2D eigenvalue weighted by molar-refractivity contribution is 0.0174. The number of ether oxygens (including phenoxy) is 2. The minimum absolute atomic E-state index is 0. The monoisotopic (exact) mass is 206 g/mol. The molecule has 0 spiro atoms. The predicted octanol–water partition coefficient (Wildman–Crippen LogP) is 3.89. The zero-order valence-corrected chi connectivity index (χ0v) is 8.64. The van der Waals surface area contributed by atoms with Crippen LogP contribution >= 0.6 is 0 Å². The van der Waals surface area contributed by atoms with Gasteiger partial charge in [0.2, 0.25) is 0 Å². The summed E-state index contributed by atoms with van der Waals surface area (Å²) in [5.41, 5.74) is 0. The maximum absolute atomic E-state index is 5.41. The molecule has 90 valence electrons. The molecule has 0 saturated carbocycles. The van der Waals surface area contributed by atoms with E-state index in [0.717, 1.165) is 13.2 Å². The van der Waals surface area contributed by atoms with Crippen molar-refractivity contribution in [3.8, 4) is 0 Å². The SMILES string of the molecule is C.C.CCCCCCOCC(C)OC. The van der Waals surface area contributed by atoms with Crippen LogP contribution < -0.4 is 0 Å². The summed E-state index contributed by atoms with van der Waals surface area (Å²) in [6.45, 7) is 5.84. The number of hydrogen-bond donors (Lipinski definition) is 0. The summed E-state index contributed by atoms with van der Waals surface area (Å²) in [4.78, 5) is 0.